The van der Waals surface area contributed by atoms with Crippen molar-refractivity contribution in [3.63, 3.8) is 0 Å². The number of hydrogen-bond donors (Lipinski definition) is 0. The topological polar surface area (TPSA) is 3.24 Å². The molecule has 3 heteroatoms. The van der Waals surface area contributed by atoms with Crippen molar-refractivity contribution in [3.05, 3.63) is 0 Å². The third-order valence-electron chi connectivity index (χ3n) is 1.39. The van der Waals surface area contributed by atoms with E-state index in [0.717, 1.165) is 16.8 Å². The van der Waals surface area contributed by atoms with Gasteiger partial charge in [-0.3, -0.25) is 0 Å². The lowest BCUT2D eigenvalue weighted by atomic mass is 10.2. The van der Waals surface area contributed by atoms with Crippen LogP contribution in [0.2, 0.25) is 0 Å². The average Bonchev–Trinajstić information content (AvgIpc) is 1.80. The monoisotopic (exact) mass is 161 g/mol. The van der Waals surface area contributed by atoms with Gasteiger partial charge in [0.2, 0.25) is 0 Å². The highest BCUT2D eigenvalue weighted by Crippen LogP contribution is 2.19. The number of hydrogen-bond acceptors (Lipinski definition) is 2. The summed E-state index contributed by atoms with van der Waals surface area (Å²) in [5, 5.41) is 0. The molecule has 0 aromatic carbocycles. The van der Waals surface area contributed by atoms with Crippen molar-refractivity contribution in [2.24, 2.45) is 5.92 Å². The van der Waals surface area contributed by atoms with Crippen LogP contribution in [0.5, 0.6) is 0 Å². The van der Waals surface area contributed by atoms with E-state index in [1.165, 1.54) is 5.75 Å². The minimum atomic E-state index is 0.798. The fourth-order valence-corrected chi connectivity index (χ4v) is 2.02. The zero-order valence-corrected chi connectivity index (χ0v) is 7.39. The van der Waals surface area contributed by atoms with E-state index in [4.69, 9.17) is 12.2 Å². The van der Waals surface area contributed by atoms with Crippen LogP contribution >= 0.6 is 24.0 Å². The Hall–Kier alpha value is 0.240. The number of thioether (sulfide) groups is 1. The first-order chi connectivity index (χ1) is 4.20. The fraction of sp³-hybridized carbons (Fsp3) is 0.833. The second-order valence-corrected chi connectivity index (χ2v) is 4.22. The van der Waals surface area contributed by atoms with E-state index >= 15 is 0 Å². The van der Waals surface area contributed by atoms with Gasteiger partial charge in [0, 0.05) is 19.3 Å². The Kier molecular flexibility index (Phi) is 2.35. The molecule has 0 saturated carbocycles. The molecule has 1 aliphatic rings. The first-order valence-corrected chi connectivity index (χ1v) is 4.47. The Labute approximate surface area is 65.8 Å². The predicted octanol–water partition coefficient (Wildman–Crippen LogP) is 1.59. The van der Waals surface area contributed by atoms with Crippen molar-refractivity contribution < 1.29 is 0 Å². The van der Waals surface area contributed by atoms with Gasteiger partial charge in [-0.2, -0.15) is 0 Å². The van der Waals surface area contributed by atoms with Gasteiger partial charge in [0.05, 0.1) is 0 Å². The highest BCUT2D eigenvalue weighted by atomic mass is 32.2. The van der Waals surface area contributed by atoms with Gasteiger partial charge in [0.15, 0.2) is 0 Å². The highest BCUT2D eigenvalue weighted by Gasteiger charge is 2.16. The molecular weight excluding hydrogens is 150 g/mol. The Balaban J connectivity index is 2.44. The summed E-state index contributed by atoms with van der Waals surface area (Å²) < 4.78 is 1.05. The number of nitrogens with zero attached hydrogens (tertiary/aromatic N) is 1. The van der Waals surface area contributed by atoms with Crippen LogP contribution in [0.1, 0.15) is 6.92 Å². The Morgan fingerprint density at radius 2 is 2.44 bits per heavy atom. The Bertz CT molecular complexity index is 124. The van der Waals surface area contributed by atoms with Crippen LogP contribution in [0, 0.1) is 5.92 Å². The van der Waals surface area contributed by atoms with Crippen molar-refractivity contribution in [2.75, 3.05) is 19.3 Å². The van der Waals surface area contributed by atoms with Gasteiger partial charge in [-0.15, -0.1) is 0 Å². The smallest absolute Gasteiger partial charge is 0.136 e. The van der Waals surface area contributed by atoms with Gasteiger partial charge >= 0.3 is 0 Å². The number of thiocarbonyl (C=S) groups is 1. The van der Waals surface area contributed by atoms with E-state index in [-0.39, 0.29) is 0 Å². The van der Waals surface area contributed by atoms with E-state index < -0.39 is 0 Å². The maximum Gasteiger partial charge on any atom is 0.136 e. The molecule has 0 spiro atoms. The summed E-state index contributed by atoms with van der Waals surface area (Å²) >= 11 is 6.86. The molecule has 9 heavy (non-hydrogen) atoms. The molecule has 1 fully saturated rings. The molecule has 1 aliphatic heterocycles. The minimum absolute atomic E-state index is 0.798. The molecule has 0 amide bonds. The molecule has 0 N–H and O–H groups in total. The minimum Gasteiger partial charge on any atom is -0.360 e. The predicted molar refractivity (Wildman–Crippen MR) is 46.9 cm³/mol. The zero-order chi connectivity index (χ0) is 6.85. The second-order valence-electron chi connectivity index (χ2n) is 2.56. The molecule has 1 heterocycles. The third kappa shape index (κ3) is 1.83. The summed E-state index contributed by atoms with van der Waals surface area (Å²) in [6.45, 7) is 3.39. The molecule has 1 unspecified atom stereocenters. The Morgan fingerprint density at radius 3 is 2.89 bits per heavy atom. The van der Waals surface area contributed by atoms with E-state index in [9.17, 15) is 0 Å². The first-order valence-electron chi connectivity index (χ1n) is 3.08. The molecule has 0 aliphatic carbocycles. The Morgan fingerprint density at radius 1 is 1.78 bits per heavy atom. The van der Waals surface area contributed by atoms with Gasteiger partial charge in [0.25, 0.3) is 0 Å². The fourth-order valence-electron chi connectivity index (χ4n) is 0.918. The molecule has 1 nitrogen and oxygen atoms in total. The SMILES string of the molecule is CC1CSC(=S)N(C)C1. The van der Waals surface area contributed by atoms with E-state index in [0.29, 0.717) is 0 Å². The maximum atomic E-state index is 5.07. The van der Waals surface area contributed by atoms with E-state index in [1.54, 1.807) is 11.8 Å². The van der Waals surface area contributed by atoms with Crippen LogP contribution < -0.4 is 0 Å². The summed E-state index contributed by atoms with van der Waals surface area (Å²) in [4.78, 5) is 2.15. The van der Waals surface area contributed by atoms with Crippen LogP contribution in [0.15, 0.2) is 0 Å². The molecular formula is C6H11NS2. The summed E-state index contributed by atoms with van der Waals surface area (Å²) in [6.07, 6.45) is 0. The molecule has 0 radical (unpaired) electrons. The van der Waals surface area contributed by atoms with E-state index in [1.807, 2.05) is 0 Å². The largest absolute Gasteiger partial charge is 0.360 e. The van der Waals surface area contributed by atoms with Crippen LogP contribution in [-0.4, -0.2) is 28.6 Å². The molecule has 0 aromatic heterocycles. The summed E-state index contributed by atoms with van der Waals surface area (Å²) in [5.41, 5.74) is 0. The van der Waals surface area contributed by atoms with Crippen molar-refractivity contribution >= 4 is 28.3 Å². The lowest BCUT2D eigenvalue weighted by molar-refractivity contribution is 0.433. The molecule has 0 aromatic rings. The lowest BCUT2D eigenvalue weighted by Crippen LogP contribution is -2.33. The first kappa shape index (κ1) is 7.35. The van der Waals surface area contributed by atoms with E-state index in [2.05, 4.69) is 18.9 Å². The number of rotatable bonds is 0. The normalized spacial score (nSPS) is 28.9. The van der Waals surface area contributed by atoms with Crippen molar-refractivity contribution in [1.29, 1.82) is 0 Å². The molecule has 1 rings (SSSR count). The maximum absolute atomic E-state index is 5.07. The standard InChI is InChI=1S/C6H11NS2/c1-5-3-7(2)6(8)9-4-5/h5H,3-4H2,1-2H3. The molecule has 0 bridgehead atoms. The zero-order valence-electron chi connectivity index (χ0n) is 5.76. The van der Waals surface area contributed by atoms with Gasteiger partial charge in [-0.25, -0.2) is 0 Å². The van der Waals surface area contributed by atoms with Gasteiger partial charge in [-0.1, -0.05) is 30.9 Å². The third-order valence-corrected chi connectivity index (χ3v) is 3.35. The summed E-state index contributed by atoms with van der Waals surface area (Å²) in [5.74, 6) is 2.00. The van der Waals surface area contributed by atoms with Crippen LogP contribution in [0.3, 0.4) is 0 Å². The van der Waals surface area contributed by atoms with Crippen LogP contribution in [-0.2, 0) is 0 Å². The summed E-state index contributed by atoms with van der Waals surface area (Å²) in [7, 11) is 2.06. The van der Waals surface area contributed by atoms with Crippen molar-refractivity contribution in [1.82, 2.24) is 4.90 Å². The molecule has 1 atom stereocenters. The van der Waals surface area contributed by atoms with Gasteiger partial charge in [0.1, 0.15) is 4.32 Å². The lowest BCUT2D eigenvalue weighted by Gasteiger charge is -2.28. The molecule has 1 saturated heterocycles. The quantitative estimate of drug-likeness (QED) is 0.497. The summed E-state index contributed by atoms with van der Waals surface area (Å²) in [6, 6.07) is 0. The van der Waals surface area contributed by atoms with Gasteiger partial charge in [-0.05, 0) is 5.92 Å². The molecule has 52 valence electrons. The van der Waals surface area contributed by atoms with Crippen molar-refractivity contribution in [3.8, 4) is 0 Å². The van der Waals surface area contributed by atoms with Crippen molar-refractivity contribution in [2.45, 2.75) is 6.92 Å². The van der Waals surface area contributed by atoms with Crippen LogP contribution in [0.25, 0.3) is 0 Å². The highest BCUT2D eigenvalue weighted by molar-refractivity contribution is 8.22. The van der Waals surface area contributed by atoms with Crippen LogP contribution in [0.4, 0.5) is 0 Å². The second kappa shape index (κ2) is 2.88. The average molecular weight is 161 g/mol. The van der Waals surface area contributed by atoms with Gasteiger partial charge < -0.3 is 4.90 Å².